The summed E-state index contributed by atoms with van der Waals surface area (Å²) in [6, 6.07) is 17.6. The van der Waals surface area contributed by atoms with Crippen molar-refractivity contribution >= 4 is 51.2 Å². The fraction of sp³-hybridized carbons (Fsp3) is 0. The molecule has 22 nitrogen and oxygen atoms in total. The van der Waals surface area contributed by atoms with Gasteiger partial charge in [-0.15, -0.1) is 16.8 Å². The van der Waals surface area contributed by atoms with Crippen LogP contribution in [0, 0.1) is 0 Å². The van der Waals surface area contributed by atoms with E-state index in [-0.39, 0.29) is 39.7 Å². The molecule has 5 N–H and O–H groups in total. The van der Waals surface area contributed by atoms with Crippen LogP contribution in [0.5, 0.6) is 34.5 Å². The van der Waals surface area contributed by atoms with Crippen LogP contribution in [0.4, 0.5) is 0 Å². The molecule has 0 spiro atoms. The third-order valence-electron chi connectivity index (χ3n) is 7.44. The number of benzene rings is 5. The minimum atomic E-state index is -5.35. The normalized spacial score (nSPS) is 12.4. The Morgan fingerprint density at radius 1 is 0.400 bits per heavy atom. The maximum absolute atomic E-state index is 12.7. The Morgan fingerprint density at radius 2 is 0.767 bits per heavy atom. The van der Waals surface area contributed by atoms with Crippen molar-refractivity contribution in [2.45, 2.75) is 14.7 Å². The van der Waals surface area contributed by atoms with Crippen LogP contribution < -0.4 is 16.7 Å². The molecule has 0 aliphatic heterocycles. The molecule has 0 radical (unpaired) electrons. The number of aromatic hydroxyl groups is 2. The van der Waals surface area contributed by atoms with Gasteiger partial charge in [0.25, 0.3) is 30.4 Å². The maximum atomic E-state index is 12.7. The quantitative estimate of drug-likeness (QED) is 0.0977. The van der Waals surface area contributed by atoms with Gasteiger partial charge in [0.2, 0.25) is 0 Å². The average Bonchev–Trinajstić information content (AvgIpc) is 3.15. The summed E-state index contributed by atoms with van der Waals surface area (Å²) in [6.07, 6.45) is 0. The number of phenols is 2. The summed E-state index contributed by atoms with van der Waals surface area (Å²) in [5.41, 5.74) is -0.819. The average molecular weight is 926 g/mol. The molecule has 0 aliphatic rings. The summed E-state index contributed by atoms with van der Waals surface area (Å²) in [4.78, 5) is 9.63. The number of hydrogen-bond acceptors (Lipinski definition) is 19. The molecule has 1 aromatic heterocycles. The van der Waals surface area contributed by atoms with E-state index in [1.165, 1.54) is 12.1 Å². The minimum Gasteiger partial charge on any atom is -0.508 e. The third-order valence-corrected chi connectivity index (χ3v) is 11.6. The molecule has 60 heavy (non-hydrogen) atoms. The molecule has 0 bridgehead atoms. The van der Waals surface area contributed by atoms with Crippen molar-refractivity contribution in [3.8, 4) is 68.7 Å². The van der Waals surface area contributed by atoms with Crippen molar-refractivity contribution in [2.24, 2.45) is 0 Å². The third kappa shape index (κ3) is 10.6. The second-order valence-electron chi connectivity index (χ2n) is 11.7. The predicted molar refractivity (Wildman–Crippen MR) is 202 cm³/mol. The van der Waals surface area contributed by atoms with Gasteiger partial charge in [0.1, 0.15) is 32.8 Å². The van der Waals surface area contributed by atoms with Crippen LogP contribution >= 0.6 is 0 Å². The molecule has 0 atom stereocenters. The molecular weight excluding hydrogens is 903 g/mol. The molecule has 314 valence electrons. The van der Waals surface area contributed by atoms with Crippen molar-refractivity contribution < 1.29 is 82.7 Å². The molecule has 0 aliphatic carbocycles. The lowest BCUT2D eigenvalue weighted by molar-refractivity contribution is 0.384. The Hall–Kier alpha value is -6.46. The van der Waals surface area contributed by atoms with E-state index in [0.717, 1.165) is 84.9 Å². The van der Waals surface area contributed by atoms with Gasteiger partial charge in [-0.1, -0.05) is 12.1 Å². The Labute approximate surface area is 339 Å². The van der Waals surface area contributed by atoms with E-state index in [2.05, 4.69) is 15.0 Å². The highest BCUT2D eigenvalue weighted by Gasteiger charge is 2.28. The smallest absolute Gasteiger partial charge is 0.501 e. The van der Waals surface area contributed by atoms with Gasteiger partial charge >= 0.3 is 20.8 Å². The van der Waals surface area contributed by atoms with Gasteiger partial charge in [0, 0.05) is 16.7 Å². The fourth-order valence-corrected chi connectivity index (χ4v) is 8.29. The molecule has 5 aromatic carbocycles. The van der Waals surface area contributed by atoms with E-state index >= 15 is 0 Å². The van der Waals surface area contributed by atoms with Crippen molar-refractivity contribution in [1.82, 2.24) is 15.0 Å². The van der Waals surface area contributed by atoms with Gasteiger partial charge in [-0.3, -0.25) is 13.7 Å². The lowest BCUT2D eigenvalue weighted by Crippen LogP contribution is -2.18. The topological polar surface area (TPSA) is 347 Å². The lowest BCUT2D eigenvalue weighted by Gasteiger charge is -2.13. The number of hydrogen-bond donors (Lipinski definition) is 5. The van der Waals surface area contributed by atoms with E-state index in [0.29, 0.717) is 12.1 Å². The second-order valence-corrected chi connectivity index (χ2v) is 18.2. The highest BCUT2D eigenvalue weighted by molar-refractivity contribution is 7.86. The van der Waals surface area contributed by atoms with Crippen molar-refractivity contribution in [3.05, 3.63) is 109 Å². The monoisotopic (exact) mass is 925 g/mol. The van der Waals surface area contributed by atoms with E-state index in [4.69, 9.17) is 16.7 Å². The summed E-state index contributed by atoms with van der Waals surface area (Å²) in [7, 11) is -25.7. The summed E-state index contributed by atoms with van der Waals surface area (Å²) in [6.45, 7) is 0. The van der Waals surface area contributed by atoms with Crippen LogP contribution in [-0.2, 0) is 51.2 Å². The molecule has 0 saturated carbocycles. The molecule has 1 heterocycles. The summed E-state index contributed by atoms with van der Waals surface area (Å²) >= 11 is 0. The van der Waals surface area contributed by atoms with E-state index in [1.54, 1.807) is 0 Å². The van der Waals surface area contributed by atoms with Crippen LogP contribution in [0.25, 0.3) is 34.2 Å². The van der Waals surface area contributed by atoms with Gasteiger partial charge in [0.05, 0.1) is 4.90 Å². The number of aromatic nitrogens is 3. The second kappa shape index (κ2) is 16.0. The molecule has 0 saturated heterocycles. The first kappa shape index (κ1) is 43.1. The van der Waals surface area contributed by atoms with Crippen LogP contribution in [0.15, 0.2) is 124 Å². The van der Waals surface area contributed by atoms with Gasteiger partial charge in [-0.05, 0) is 97.1 Å². The first-order valence-electron chi connectivity index (χ1n) is 15.8. The van der Waals surface area contributed by atoms with E-state index in [1.807, 2.05) is 0 Å². The van der Waals surface area contributed by atoms with Gasteiger partial charge in [-0.2, -0.15) is 25.3 Å². The van der Waals surface area contributed by atoms with Crippen LogP contribution in [0.2, 0.25) is 0 Å². The summed E-state index contributed by atoms with van der Waals surface area (Å²) in [5, 5.41) is 18.9. The lowest BCUT2D eigenvalue weighted by atomic mass is 10.1. The van der Waals surface area contributed by atoms with E-state index in [9.17, 15) is 66.0 Å². The van der Waals surface area contributed by atoms with Crippen LogP contribution in [0.1, 0.15) is 0 Å². The standard InChI is InChI=1S/C33H23N3O19S5/c37-22-6-10-24(11-7-22)52-59(48,49)54-27-14-4-20(17-29(27)57(42,43)44)32-34-31(19-2-1-3-26(16-19)56(39,40)41)35-33(36-32)21-5-15-28(30(18-21)58(45,46)47)55-60(50,51)53-25-12-8-23(38)9-13-25/h1-18,37-38H,(H,39,40,41)(H,42,43,44)(H,45,46,47). The predicted octanol–water partition coefficient (Wildman–Crippen LogP) is 3.43. The highest BCUT2D eigenvalue weighted by Crippen LogP contribution is 2.35. The Bertz CT molecular complexity index is 3040. The first-order valence-corrected chi connectivity index (χ1v) is 22.8. The molecule has 6 aromatic rings. The van der Waals surface area contributed by atoms with E-state index < -0.39 is 94.8 Å². The molecular formula is C33H23N3O19S5. The fourth-order valence-electron chi connectivity index (χ4n) is 4.89. The zero-order valence-electron chi connectivity index (χ0n) is 29.2. The van der Waals surface area contributed by atoms with Gasteiger partial charge in [-0.25, -0.2) is 15.0 Å². The Kier molecular flexibility index (Phi) is 11.5. The number of phenolic OH excluding ortho intramolecular Hbond substituents is 2. The van der Waals surface area contributed by atoms with Crippen LogP contribution in [-0.4, -0.2) is 80.9 Å². The molecule has 0 unspecified atom stereocenters. The molecule has 0 amide bonds. The molecule has 6 rings (SSSR count). The maximum Gasteiger partial charge on any atom is 0.501 e. The zero-order valence-corrected chi connectivity index (χ0v) is 33.3. The Morgan fingerprint density at radius 3 is 1.12 bits per heavy atom. The highest BCUT2D eigenvalue weighted by atomic mass is 32.3. The SMILES string of the molecule is O=S(=O)(Oc1ccc(O)cc1)Oc1ccc(-c2nc(-c3cccc(S(=O)(=O)O)c3)nc(-c3ccc(OS(=O)(=O)Oc4ccc(O)cc4)c(S(=O)(=O)O)c3)n2)cc1S(=O)(=O)O. The largest absolute Gasteiger partial charge is 0.508 e. The summed E-state index contributed by atoms with van der Waals surface area (Å²) in [5.74, 6) is -4.66. The van der Waals surface area contributed by atoms with Gasteiger partial charge in [0.15, 0.2) is 29.0 Å². The van der Waals surface area contributed by atoms with Crippen molar-refractivity contribution in [1.29, 1.82) is 0 Å². The minimum absolute atomic E-state index is 0.144. The van der Waals surface area contributed by atoms with Crippen molar-refractivity contribution in [2.75, 3.05) is 0 Å². The van der Waals surface area contributed by atoms with Crippen molar-refractivity contribution in [3.63, 3.8) is 0 Å². The van der Waals surface area contributed by atoms with Crippen LogP contribution in [0.3, 0.4) is 0 Å². The molecule has 0 fully saturated rings. The Balaban J connectivity index is 1.47. The summed E-state index contributed by atoms with van der Waals surface area (Å²) < 4.78 is 174. The van der Waals surface area contributed by atoms with Gasteiger partial charge < -0.3 is 26.9 Å². The zero-order chi connectivity index (χ0) is 43.8. The number of nitrogens with zero attached hydrogens (tertiary/aromatic N) is 3. The first-order chi connectivity index (χ1) is 27.8. The number of rotatable bonds is 14. The molecule has 27 heteroatoms.